The number of carboxylic acid groups (broad SMARTS) is 1. The molecule has 2 atom stereocenters. The fourth-order valence-electron chi connectivity index (χ4n) is 5.50. The molecule has 0 aromatic heterocycles. The molecule has 0 radical (unpaired) electrons. The van der Waals surface area contributed by atoms with Gasteiger partial charge in [0.05, 0.1) is 13.0 Å². The van der Waals surface area contributed by atoms with E-state index in [9.17, 15) is 19.0 Å². The molecule has 38 heavy (non-hydrogen) atoms. The van der Waals surface area contributed by atoms with Gasteiger partial charge >= 0.3 is 5.97 Å². The number of ether oxygens (including phenoxy) is 1. The first-order valence-electron chi connectivity index (χ1n) is 13.1. The van der Waals surface area contributed by atoms with Gasteiger partial charge in [-0.2, -0.15) is 4.31 Å². The topological polar surface area (TPSA) is 93.5 Å². The minimum Gasteiger partial charge on any atom is -0.487 e. The molecular formula is C30H36N2O5S. The van der Waals surface area contributed by atoms with Crippen LogP contribution < -0.4 is 4.74 Å². The van der Waals surface area contributed by atoms with Gasteiger partial charge in [0, 0.05) is 25.6 Å². The zero-order valence-corrected chi connectivity index (χ0v) is 22.9. The third kappa shape index (κ3) is 5.32. The Kier molecular flexibility index (Phi) is 7.53. The Labute approximate surface area is 226 Å². The van der Waals surface area contributed by atoms with E-state index < -0.39 is 16.7 Å². The van der Waals surface area contributed by atoms with Crippen molar-refractivity contribution in [3.8, 4) is 5.75 Å². The third-order valence-corrected chi connectivity index (χ3v) is 9.60. The van der Waals surface area contributed by atoms with E-state index in [0.29, 0.717) is 23.7 Å². The van der Waals surface area contributed by atoms with E-state index in [1.165, 1.54) is 11.1 Å². The third-order valence-electron chi connectivity index (χ3n) is 7.67. The molecule has 0 spiro atoms. The first kappa shape index (κ1) is 26.7. The van der Waals surface area contributed by atoms with Crippen LogP contribution in [0.3, 0.4) is 0 Å². The SMILES string of the molecule is CCC1CN(Cc2cc(C(CC(=O)O)c3ccc4c(c3)CN(C)C4)ccc2C)S(O)(O)c2ccccc2O1. The van der Waals surface area contributed by atoms with Gasteiger partial charge < -0.3 is 9.84 Å². The van der Waals surface area contributed by atoms with Crippen molar-refractivity contribution >= 4 is 16.7 Å². The van der Waals surface area contributed by atoms with Gasteiger partial charge in [-0.1, -0.05) is 55.5 Å². The molecule has 7 nitrogen and oxygen atoms in total. The maximum atomic E-state index is 11.9. The number of hydrogen-bond acceptors (Lipinski definition) is 6. The van der Waals surface area contributed by atoms with Crippen LogP contribution in [-0.2, 0) is 24.4 Å². The predicted octanol–water partition coefficient (Wildman–Crippen LogP) is 6.24. The lowest BCUT2D eigenvalue weighted by atomic mass is 9.85. The van der Waals surface area contributed by atoms with Crippen molar-refractivity contribution in [1.29, 1.82) is 0 Å². The fraction of sp³-hybridized carbons (Fsp3) is 0.367. The van der Waals surface area contributed by atoms with E-state index in [1.54, 1.807) is 22.5 Å². The molecule has 0 aliphatic carbocycles. The van der Waals surface area contributed by atoms with Gasteiger partial charge in [0.2, 0.25) is 0 Å². The van der Waals surface area contributed by atoms with Crippen molar-refractivity contribution in [2.45, 2.75) is 63.2 Å². The number of para-hydroxylation sites is 1. The molecule has 3 N–H and O–H groups in total. The lowest BCUT2D eigenvalue weighted by Gasteiger charge is -2.42. The highest BCUT2D eigenvalue weighted by Crippen LogP contribution is 2.57. The summed E-state index contributed by atoms with van der Waals surface area (Å²) in [5.41, 5.74) is 6.39. The van der Waals surface area contributed by atoms with Crippen LogP contribution >= 0.6 is 10.8 Å². The average Bonchev–Trinajstić information content (AvgIpc) is 3.22. The van der Waals surface area contributed by atoms with Crippen molar-refractivity contribution < 1.29 is 23.7 Å². The van der Waals surface area contributed by atoms with E-state index in [2.05, 4.69) is 30.1 Å². The Morgan fingerprint density at radius 2 is 1.76 bits per heavy atom. The number of aliphatic carboxylic acids is 1. The molecule has 8 heteroatoms. The van der Waals surface area contributed by atoms with Crippen LogP contribution in [-0.4, -0.2) is 49.1 Å². The minimum atomic E-state index is -3.28. The molecular weight excluding hydrogens is 500 g/mol. The van der Waals surface area contributed by atoms with Crippen LogP contribution in [0.5, 0.6) is 5.75 Å². The number of rotatable bonds is 7. The molecule has 0 saturated heterocycles. The van der Waals surface area contributed by atoms with E-state index in [1.807, 2.05) is 38.1 Å². The summed E-state index contributed by atoms with van der Waals surface area (Å²) >= 11 is 0. The highest BCUT2D eigenvalue weighted by atomic mass is 32.3. The van der Waals surface area contributed by atoms with Gasteiger partial charge in [-0.3, -0.25) is 18.8 Å². The molecule has 3 aromatic carbocycles. The smallest absolute Gasteiger partial charge is 0.304 e. The van der Waals surface area contributed by atoms with E-state index in [4.69, 9.17) is 4.74 Å². The Hall–Kier alpha value is -2.88. The monoisotopic (exact) mass is 536 g/mol. The minimum absolute atomic E-state index is 0.0187. The van der Waals surface area contributed by atoms with Crippen molar-refractivity contribution in [1.82, 2.24) is 9.21 Å². The van der Waals surface area contributed by atoms with Gasteiger partial charge in [-0.25, -0.2) is 0 Å². The van der Waals surface area contributed by atoms with Crippen molar-refractivity contribution in [3.63, 3.8) is 0 Å². The Morgan fingerprint density at radius 1 is 1.05 bits per heavy atom. The number of benzene rings is 3. The van der Waals surface area contributed by atoms with E-state index in [0.717, 1.165) is 41.8 Å². The molecule has 3 aromatic rings. The van der Waals surface area contributed by atoms with Crippen molar-refractivity contribution in [3.05, 3.63) is 94.0 Å². The standard InChI is InChI=1S/C30H36N2O5S/c1-4-26-19-32(38(35,36)29-8-6-5-7-28(29)37-26)18-24-13-21(10-9-20(24)2)27(15-30(33)34)22-11-12-23-16-31(3)17-25(23)14-22/h5-14,26-27,35-36H,4,15-19H2,1-3H3,(H,33,34). The molecule has 2 aliphatic heterocycles. The highest BCUT2D eigenvalue weighted by Gasteiger charge is 2.35. The molecule has 0 fully saturated rings. The lowest BCUT2D eigenvalue weighted by Crippen LogP contribution is -2.34. The van der Waals surface area contributed by atoms with E-state index >= 15 is 0 Å². The second kappa shape index (κ2) is 10.7. The van der Waals surface area contributed by atoms with Crippen LogP contribution in [0.15, 0.2) is 65.6 Å². The molecule has 202 valence electrons. The van der Waals surface area contributed by atoms with Gasteiger partial charge in [0.15, 0.2) is 0 Å². The predicted molar refractivity (Wildman–Crippen MR) is 150 cm³/mol. The average molecular weight is 537 g/mol. The fourth-order valence-corrected chi connectivity index (χ4v) is 7.12. The van der Waals surface area contributed by atoms with Gasteiger partial charge in [-0.15, -0.1) is 10.8 Å². The first-order valence-corrected chi connectivity index (χ1v) is 14.6. The van der Waals surface area contributed by atoms with Crippen LogP contribution in [0, 0.1) is 6.92 Å². The van der Waals surface area contributed by atoms with Crippen LogP contribution in [0.25, 0.3) is 0 Å². The van der Waals surface area contributed by atoms with Crippen LogP contribution in [0.1, 0.15) is 59.1 Å². The lowest BCUT2D eigenvalue weighted by molar-refractivity contribution is -0.137. The summed E-state index contributed by atoms with van der Waals surface area (Å²) in [5, 5.41) is 9.78. The summed E-state index contributed by atoms with van der Waals surface area (Å²) < 4.78 is 30.7. The number of hydrogen-bond donors (Lipinski definition) is 3. The quantitative estimate of drug-likeness (QED) is 0.329. The Balaban J connectivity index is 1.50. The zero-order valence-electron chi connectivity index (χ0n) is 22.1. The molecule has 5 rings (SSSR count). The first-order chi connectivity index (χ1) is 18.2. The Morgan fingerprint density at radius 3 is 2.53 bits per heavy atom. The normalized spacial score (nSPS) is 20.6. The molecule has 2 unspecified atom stereocenters. The summed E-state index contributed by atoms with van der Waals surface area (Å²) in [7, 11) is -1.20. The molecule has 2 aliphatic rings. The van der Waals surface area contributed by atoms with Gasteiger partial charge in [-0.05, 0) is 65.9 Å². The zero-order chi connectivity index (χ0) is 27.0. The summed E-state index contributed by atoms with van der Waals surface area (Å²) in [6, 6.07) is 19.5. The molecule has 0 amide bonds. The molecule has 0 saturated carbocycles. The second-order valence-corrected chi connectivity index (χ2v) is 12.5. The van der Waals surface area contributed by atoms with Crippen molar-refractivity contribution in [2.75, 3.05) is 13.6 Å². The maximum absolute atomic E-state index is 11.9. The number of carboxylic acids is 1. The maximum Gasteiger partial charge on any atom is 0.304 e. The second-order valence-electron chi connectivity index (χ2n) is 10.5. The Bertz CT molecular complexity index is 1340. The van der Waals surface area contributed by atoms with Gasteiger partial charge in [0.1, 0.15) is 16.7 Å². The van der Waals surface area contributed by atoms with E-state index in [-0.39, 0.29) is 18.4 Å². The molecule has 0 bridgehead atoms. The number of nitrogens with zero attached hydrogens (tertiary/aromatic N) is 2. The molecule has 2 heterocycles. The summed E-state index contributed by atoms with van der Waals surface area (Å²) in [6.45, 7) is 6.47. The van der Waals surface area contributed by atoms with Crippen LogP contribution in [0.4, 0.5) is 0 Å². The number of aryl methyl sites for hydroxylation is 1. The number of carbonyl (C=O) groups is 1. The van der Waals surface area contributed by atoms with Gasteiger partial charge in [0.25, 0.3) is 0 Å². The van der Waals surface area contributed by atoms with Crippen molar-refractivity contribution in [2.24, 2.45) is 0 Å². The largest absolute Gasteiger partial charge is 0.487 e. The summed E-state index contributed by atoms with van der Waals surface area (Å²) in [6.07, 6.45) is 0.528. The summed E-state index contributed by atoms with van der Waals surface area (Å²) in [5.74, 6) is -0.646. The summed E-state index contributed by atoms with van der Waals surface area (Å²) in [4.78, 5) is 14.6. The number of fused-ring (bicyclic) bond motifs is 2. The van der Waals surface area contributed by atoms with Crippen LogP contribution in [0.2, 0.25) is 0 Å². The highest BCUT2D eigenvalue weighted by molar-refractivity contribution is 8.22.